The average molecular weight is 555 g/mol. The molecule has 1 aliphatic heterocycles. The molecule has 0 spiro atoms. The van der Waals surface area contributed by atoms with Crippen molar-refractivity contribution in [3.8, 4) is 5.75 Å². The lowest BCUT2D eigenvalue weighted by atomic mass is 9.89. The fourth-order valence-electron chi connectivity index (χ4n) is 4.46. The Kier molecular flexibility index (Phi) is 8.56. The zero-order chi connectivity index (χ0) is 28.9. The van der Waals surface area contributed by atoms with E-state index in [1.807, 2.05) is 17.0 Å². The number of hydrogen-bond acceptors (Lipinski definition) is 7. The number of halogens is 3. The molecule has 1 saturated heterocycles. The Balaban J connectivity index is 1.57. The number of hydrogen-bond donors (Lipinski definition) is 3. The van der Waals surface area contributed by atoms with Gasteiger partial charge in [-0.1, -0.05) is 18.7 Å². The van der Waals surface area contributed by atoms with Crippen molar-refractivity contribution in [2.24, 2.45) is 0 Å². The number of likely N-dealkylation sites (tertiary alicyclic amines) is 1. The molecule has 210 valence electrons. The summed E-state index contributed by atoms with van der Waals surface area (Å²) in [6, 6.07) is 11.7. The maximum atomic E-state index is 13.8. The van der Waals surface area contributed by atoms with Gasteiger partial charge in [0.25, 0.3) is 0 Å². The van der Waals surface area contributed by atoms with E-state index in [1.165, 1.54) is 13.2 Å². The van der Waals surface area contributed by atoms with Crippen LogP contribution in [0.15, 0.2) is 61.3 Å². The van der Waals surface area contributed by atoms with Gasteiger partial charge in [0.15, 0.2) is 0 Å². The van der Waals surface area contributed by atoms with Crippen molar-refractivity contribution in [1.82, 2.24) is 14.9 Å². The first-order valence-electron chi connectivity index (χ1n) is 12.5. The van der Waals surface area contributed by atoms with Gasteiger partial charge in [-0.2, -0.15) is 18.2 Å². The number of nitrogens with zero attached hydrogens (tertiary/aromatic N) is 3. The van der Waals surface area contributed by atoms with Gasteiger partial charge in [0.2, 0.25) is 17.8 Å². The van der Waals surface area contributed by atoms with Crippen LogP contribution < -0.4 is 20.7 Å². The summed E-state index contributed by atoms with van der Waals surface area (Å²) in [6.07, 6.45) is -1.28. The molecule has 0 radical (unpaired) electrons. The standard InChI is InChI=1S/C28H29F3N6O3/c1-4-25(39)33-20-6-5-7-21(15-20)34-26-22(28(29,30)31)16-32-27(36-26)35-23-9-8-19(14-24(23)40-3)18-10-12-37(13-11-18)17(2)38/h4-9,14-16,18H,1,10-13H2,2-3H3,(H,33,39)(H2,32,34,35,36). The largest absolute Gasteiger partial charge is 0.495 e. The molecule has 40 heavy (non-hydrogen) atoms. The maximum Gasteiger partial charge on any atom is 0.421 e. The Morgan fingerprint density at radius 2 is 1.82 bits per heavy atom. The Morgan fingerprint density at radius 1 is 1.10 bits per heavy atom. The van der Waals surface area contributed by atoms with Gasteiger partial charge in [-0.15, -0.1) is 0 Å². The fourth-order valence-corrected chi connectivity index (χ4v) is 4.46. The van der Waals surface area contributed by atoms with Crippen molar-refractivity contribution in [2.45, 2.75) is 31.9 Å². The van der Waals surface area contributed by atoms with Gasteiger partial charge >= 0.3 is 6.18 Å². The molecule has 1 aromatic heterocycles. The Labute approximate surface area is 229 Å². The zero-order valence-corrected chi connectivity index (χ0v) is 22.0. The average Bonchev–Trinajstić information content (AvgIpc) is 2.93. The third kappa shape index (κ3) is 6.87. The summed E-state index contributed by atoms with van der Waals surface area (Å²) in [5, 5.41) is 8.19. The molecule has 3 N–H and O–H groups in total. The molecule has 0 atom stereocenters. The zero-order valence-electron chi connectivity index (χ0n) is 22.0. The van der Waals surface area contributed by atoms with Crippen LogP contribution in [0.3, 0.4) is 0 Å². The smallest absolute Gasteiger partial charge is 0.421 e. The lowest BCUT2D eigenvalue weighted by molar-refractivity contribution is -0.137. The van der Waals surface area contributed by atoms with E-state index in [2.05, 4.69) is 32.5 Å². The first kappa shape index (κ1) is 28.4. The quantitative estimate of drug-likeness (QED) is 0.300. The minimum Gasteiger partial charge on any atom is -0.495 e. The van der Waals surface area contributed by atoms with Gasteiger partial charge in [-0.05, 0) is 60.7 Å². The molecule has 3 aromatic rings. The van der Waals surface area contributed by atoms with Crippen LogP contribution in [0.2, 0.25) is 0 Å². The van der Waals surface area contributed by atoms with Crippen molar-refractivity contribution >= 4 is 40.6 Å². The number of carbonyl (C=O) groups is 2. The Hall–Kier alpha value is -4.61. The summed E-state index contributed by atoms with van der Waals surface area (Å²) in [5.41, 5.74) is 1.11. The molecular weight excluding hydrogens is 525 g/mol. The third-order valence-corrected chi connectivity index (χ3v) is 6.56. The number of ether oxygens (including phenoxy) is 1. The number of anilines is 5. The van der Waals surface area contributed by atoms with Crippen LogP contribution in [0.5, 0.6) is 5.75 Å². The van der Waals surface area contributed by atoms with E-state index in [-0.39, 0.29) is 23.5 Å². The molecule has 2 heterocycles. The van der Waals surface area contributed by atoms with Gasteiger partial charge < -0.3 is 25.6 Å². The minimum absolute atomic E-state index is 0.0631. The van der Waals surface area contributed by atoms with Crippen LogP contribution >= 0.6 is 0 Å². The van der Waals surface area contributed by atoms with Crippen molar-refractivity contribution in [2.75, 3.05) is 36.1 Å². The molecule has 2 amide bonds. The number of benzene rings is 2. The predicted octanol–water partition coefficient (Wildman–Crippen LogP) is 5.84. The number of methoxy groups -OCH3 is 1. The van der Waals surface area contributed by atoms with Gasteiger partial charge in [0.05, 0.1) is 12.8 Å². The molecule has 12 heteroatoms. The second kappa shape index (κ2) is 12.1. The topological polar surface area (TPSA) is 108 Å². The van der Waals surface area contributed by atoms with Gasteiger partial charge in [-0.25, -0.2) is 4.98 Å². The summed E-state index contributed by atoms with van der Waals surface area (Å²) >= 11 is 0. The number of aromatic nitrogens is 2. The molecule has 0 aliphatic carbocycles. The minimum atomic E-state index is -4.72. The molecule has 4 rings (SSSR count). The van der Waals surface area contributed by atoms with Crippen LogP contribution in [0.4, 0.5) is 42.0 Å². The molecule has 1 aliphatic rings. The summed E-state index contributed by atoms with van der Waals surface area (Å²) in [4.78, 5) is 33.0. The summed E-state index contributed by atoms with van der Waals surface area (Å²) in [5.74, 6) is -0.201. The van der Waals surface area contributed by atoms with Crippen molar-refractivity contribution < 1.29 is 27.5 Å². The first-order valence-corrected chi connectivity index (χ1v) is 12.5. The Morgan fingerprint density at radius 3 is 2.48 bits per heavy atom. The number of piperidine rings is 1. The second-order valence-corrected chi connectivity index (χ2v) is 9.22. The van der Waals surface area contributed by atoms with Crippen LogP contribution in [0.1, 0.15) is 36.8 Å². The summed E-state index contributed by atoms with van der Waals surface area (Å²) in [7, 11) is 1.50. The van der Waals surface area contributed by atoms with Crippen molar-refractivity contribution in [3.05, 3.63) is 72.4 Å². The van der Waals surface area contributed by atoms with Crippen molar-refractivity contribution in [1.29, 1.82) is 0 Å². The highest BCUT2D eigenvalue weighted by atomic mass is 19.4. The number of carbonyl (C=O) groups excluding carboxylic acids is 2. The van der Waals surface area contributed by atoms with Gasteiger partial charge in [0, 0.05) is 37.6 Å². The highest BCUT2D eigenvalue weighted by Crippen LogP contribution is 2.37. The third-order valence-electron chi connectivity index (χ3n) is 6.56. The van der Waals surface area contributed by atoms with E-state index in [1.54, 1.807) is 31.2 Å². The summed E-state index contributed by atoms with van der Waals surface area (Å²) in [6.45, 7) is 6.31. The SMILES string of the molecule is C=CC(=O)Nc1cccc(Nc2nc(Nc3ccc(C4CCN(C(C)=O)CC4)cc3OC)ncc2C(F)(F)F)c1. The van der Waals surface area contributed by atoms with E-state index >= 15 is 0 Å². The van der Waals surface area contributed by atoms with Crippen LogP contribution in [-0.4, -0.2) is 46.9 Å². The van der Waals surface area contributed by atoms with Crippen LogP contribution in [0.25, 0.3) is 0 Å². The number of nitrogens with one attached hydrogen (secondary N) is 3. The molecule has 0 bridgehead atoms. The van der Waals surface area contributed by atoms with Crippen LogP contribution in [-0.2, 0) is 15.8 Å². The van der Waals surface area contributed by atoms with Crippen molar-refractivity contribution in [3.63, 3.8) is 0 Å². The van der Waals surface area contributed by atoms with E-state index in [0.717, 1.165) is 24.5 Å². The first-order chi connectivity index (χ1) is 19.1. The molecule has 9 nitrogen and oxygen atoms in total. The van der Waals surface area contributed by atoms with E-state index in [4.69, 9.17) is 4.74 Å². The Bertz CT molecular complexity index is 1400. The summed E-state index contributed by atoms with van der Waals surface area (Å²) < 4.78 is 46.8. The predicted molar refractivity (Wildman–Crippen MR) is 146 cm³/mol. The van der Waals surface area contributed by atoms with E-state index < -0.39 is 23.5 Å². The number of rotatable bonds is 8. The van der Waals surface area contributed by atoms with E-state index in [0.29, 0.717) is 36.4 Å². The fraction of sp³-hybridized carbons (Fsp3) is 0.286. The maximum absolute atomic E-state index is 13.8. The normalized spacial score (nSPS) is 13.9. The molecule has 0 unspecified atom stereocenters. The molecular formula is C28H29F3N6O3. The van der Waals surface area contributed by atoms with Crippen LogP contribution in [0, 0.1) is 0 Å². The lowest BCUT2D eigenvalue weighted by Crippen LogP contribution is -2.36. The lowest BCUT2D eigenvalue weighted by Gasteiger charge is -2.31. The second-order valence-electron chi connectivity index (χ2n) is 9.22. The molecule has 1 fully saturated rings. The van der Waals surface area contributed by atoms with E-state index in [9.17, 15) is 22.8 Å². The molecule has 0 saturated carbocycles. The molecule has 2 aromatic carbocycles. The monoisotopic (exact) mass is 554 g/mol. The van der Waals surface area contributed by atoms with Gasteiger partial charge in [0.1, 0.15) is 17.1 Å². The highest BCUT2D eigenvalue weighted by molar-refractivity contribution is 5.99. The van der Waals surface area contributed by atoms with Gasteiger partial charge in [-0.3, -0.25) is 9.59 Å². The highest BCUT2D eigenvalue weighted by Gasteiger charge is 2.35. The number of amides is 2. The number of alkyl halides is 3.